The molecular weight excluding hydrogens is 362 g/mol. The molecule has 1 fully saturated rings. The van der Waals surface area contributed by atoms with Gasteiger partial charge in [0.15, 0.2) is 11.2 Å². The Balaban J connectivity index is 1.99. The van der Waals surface area contributed by atoms with Crippen molar-refractivity contribution in [3.63, 3.8) is 0 Å². The molecule has 0 atom stereocenters. The monoisotopic (exact) mass is 383 g/mol. The number of rotatable bonds is 4. The molecule has 0 radical (unpaired) electrons. The molecule has 1 aliphatic heterocycles. The Bertz CT molecular complexity index is 1100. The van der Waals surface area contributed by atoms with Gasteiger partial charge in [-0.15, -0.1) is 0 Å². The molecule has 26 heavy (non-hydrogen) atoms. The first-order valence-corrected chi connectivity index (χ1v) is 9.93. The van der Waals surface area contributed by atoms with Crippen LogP contribution in [0.25, 0.3) is 11.2 Å². The molecule has 1 saturated heterocycles. The number of imidazole rings is 1. The van der Waals surface area contributed by atoms with Crippen LogP contribution in [0.3, 0.4) is 0 Å². The van der Waals surface area contributed by atoms with Crippen molar-refractivity contribution in [2.75, 3.05) is 18.8 Å². The van der Waals surface area contributed by atoms with E-state index in [9.17, 15) is 22.8 Å². The molecular formula is C15H21N5O5S. The predicted molar refractivity (Wildman–Crippen MR) is 93.7 cm³/mol. The van der Waals surface area contributed by atoms with Gasteiger partial charge in [-0.05, 0) is 12.8 Å². The summed E-state index contributed by atoms with van der Waals surface area (Å²) in [6.07, 6.45) is 1.73. The van der Waals surface area contributed by atoms with Gasteiger partial charge in [-0.1, -0.05) is 0 Å². The van der Waals surface area contributed by atoms with Crippen LogP contribution in [0.4, 0.5) is 0 Å². The number of hydrogen-bond acceptors (Lipinski definition) is 6. The molecule has 0 bridgehead atoms. The van der Waals surface area contributed by atoms with Crippen molar-refractivity contribution in [2.45, 2.75) is 24.4 Å². The van der Waals surface area contributed by atoms with Gasteiger partial charge < -0.3 is 9.47 Å². The SMILES string of the molecule is Cn1c(=O)c2nc(S(=O)(=O)CCC(=O)N3CCCC3)n(C)c2n(C)c1=O. The second-order valence-electron chi connectivity index (χ2n) is 6.49. The van der Waals surface area contributed by atoms with Crippen LogP contribution in [-0.4, -0.2) is 56.8 Å². The first kappa shape index (κ1) is 18.4. The molecule has 0 aliphatic carbocycles. The smallest absolute Gasteiger partial charge is 0.332 e. The molecule has 11 heteroatoms. The molecule has 0 spiro atoms. The molecule has 2 aromatic rings. The summed E-state index contributed by atoms with van der Waals surface area (Å²) < 4.78 is 28.6. The minimum Gasteiger partial charge on any atom is -0.343 e. The largest absolute Gasteiger partial charge is 0.343 e. The van der Waals surface area contributed by atoms with Gasteiger partial charge in [0.05, 0.1) is 5.75 Å². The second-order valence-corrected chi connectivity index (χ2v) is 8.49. The predicted octanol–water partition coefficient (Wildman–Crippen LogP) is -1.24. The summed E-state index contributed by atoms with van der Waals surface area (Å²) in [7, 11) is 0.289. The number of fused-ring (bicyclic) bond motifs is 1. The fraction of sp³-hybridized carbons (Fsp3) is 0.600. The van der Waals surface area contributed by atoms with E-state index in [1.54, 1.807) is 4.90 Å². The molecule has 3 rings (SSSR count). The third-order valence-corrected chi connectivity index (χ3v) is 6.41. The maximum absolute atomic E-state index is 12.7. The molecule has 1 aliphatic rings. The number of amides is 1. The summed E-state index contributed by atoms with van der Waals surface area (Å²) in [5, 5.41) is -0.319. The zero-order valence-corrected chi connectivity index (χ0v) is 15.7. The Morgan fingerprint density at radius 2 is 1.65 bits per heavy atom. The van der Waals surface area contributed by atoms with E-state index in [0.29, 0.717) is 13.1 Å². The zero-order chi connectivity index (χ0) is 19.2. The topological polar surface area (TPSA) is 116 Å². The molecule has 0 saturated carbocycles. The van der Waals surface area contributed by atoms with E-state index in [4.69, 9.17) is 0 Å². The van der Waals surface area contributed by atoms with E-state index < -0.39 is 26.8 Å². The summed E-state index contributed by atoms with van der Waals surface area (Å²) in [6.45, 7) is 1.31. The number of aromatic nitrogens is 4. The van der Waals surface area contributed by atoms with Crippen LogP contribution in [-0.2, 0) is 35.8 Å². The minimum absolute atomic E-state index is 0.0958. The molecule has 2 aromatic heterocycles. The van der Waals surface area contributed by atoms with E-state index in [-0.39, 0.29) is 28.6 Å². The lowest BCUT2D eigenvalue weighted by atomic mass is 10.4. The lowest BCUT2D eigenvalue weighted by molar-refractivity contribution is -0.129. The fourth-order valence-corrected chi connectivity index (χ4v) is 4.63. The van der Waals surface area contributed by atoms with Crippen molar-refractivity contribution >= 4 is 26.9 Å². The normalized spacial score (nSPS) is 15.1. The third kappa shape index (κ3) is 2.85. The Hall–Kier alpha value is -2.43. The summed E-state index contributed by atoms with van der Waals surface area (Å²) in [5.41, 5.74) is -1.20. The van der Waals surface area contributed by atoms with Gasteiger partial charge in [0.2, 0.25) is 20.9 Å². The van der Waals surface area contributed by atoms with E-state index in [1.165, 1.54) is 30.3 Å². The number of carbonyl (C=O) groups excluding carboxylic acids is 1. The number of hydrogen-bond donors (Lipinski definition) is 0. The summed E-state index contributed by atoms with van der Waals surface area (Å²) in [4.78, 5) is 42.1. The number of sulfone groups is 1. The third-order valence-electron chi connectivity index (χ3n) is 4.74. The van der Waals surface area contributed by atoms with Gasteiger partial charge in [0, 0.05) is 40.7 Å². The van der Waals surface area contributed by atoms with Gasteiger partial charge in [-0.3, -0.25) is 18.7 Å². The molecule has 3 heterocycles. The van der Waals surface area contributed by atoms with Crippen molar-refractivity contribution in [3.05, 3.63) is 20.8 Å². The molecule has 0 unspecified atom stereocenters. The highest BCUT2D eigenvalue weighted by molar-refractivity contribution is 7.91. The van der Waals surface area contributed by atoms with Crippen LogP contribution in [0.15, 0.2) is 14.7 Å². The molecule has 0 aromatic carbocycles. The van der Waals surface area contributed by atoms with E-state index in [1.807, 2.05) is 0 Å². The second kappa shape index (κ2) is 6.38. The summed E-state index contributed by atoms with van der Waals surface area (Å²) in [6, 6.07) is 0. The van der Waals surface area contributed by atoms with Gasteiger partial charge in [0.1, 0.15) is 0 Å². The van der Waals surface area contributed by atoms with Crippen LogP contribution in [0.1, 0.15) is 19.3 Å². The Labute approximate surface area is 149 Å². The maximum atomic E-state index is 12.7. The first-order valence-electron chi connectivity index (χ1n) is 8.28. The maximum Gasteiger partial charge on any atom is 0.332 e. The first-order chi connectivity index (χ1) is 12.1. The average Bonchev–Trinajstić information content (AvgIpc) is 3.24. The molecule has 0 N–H and O–H groups in total. The van der Waals surface area contributed by atoms with Gasteiger partial charge in [-0.25, -0.2) is 18.2 Å². The summed E-state index contributed by atoms with van der Waals surface area (Å²) in [5.74, 6) is -0.596. The van der Waals surface area contributed by atoms with Crippen molar-refractivity contribution < 1.29 is 13.2 Å². The summed E-state index contributed by atoms with van der Waals surface area (Å²) >= 11 is 0. The van der Waals surface area contributed by atoms with Crippen molar-refractivity contribution in [2.24, 2.45) is 21.1 Å². The van der Waals surface area contributed by atoms with Crippen LogP contribution < -0.4 is 11.2 Å². The molecule has 1 amide bonds. The minimum atomic E-state index is -3.90. The average molecular weight is 383 g/mol. The Morgan fingerprint density at radius 3 is 2.27 bits per heavy atom. The van der Waals surface area contributed by atoms with Gasteiger partial charge in [0.25, 0.3) is 5.56 Å². The van der Waals surface area contributed by atoms with Gasteiger partial charge >= 0.3 is 5.69 Å². The van der Waals surface area contributed by atoms with Gasteiger partial charge in [-0.2, -0.15) is 0 Å². The lowest BCUT2D eigenvalue weighted by Gasteiger charge is -2.14. The van der Waals surface area contributed by atoms with Crippen LogP contribution >= 0.6 is 0 Å². The Kier molecular flexibility index (Phi) is 4.51. The number of likely N-dealkylation sites (tertiary alicyclic amines) is 1. The highest BCUT2D eigenvalue weighted by Crippen LogP contribution is 2.17. The Morgan fingerprint density at radius 1 is 1.04 bits per heavy atom. The van der Waals surface area contributed by atoms with Crippen LogP contribution in [0.2, 0.25) is 0 Å². The standard InChI is InChI=1S/C15H21N5O5S/c1-17-12-11(13(22)19(3)15(23)18(12)2)16-14(17)26(24,25)9-6-10(21)20-7-4-5-8-20/h4-9H2,1-3H3. The van der Waals surface area contributed by atoms with Crippen LogP contribution in [0, 0.1) is 0 Å². The molecule has 142 valence electrons. The molecule has 10 nitrogen and oxygen atoms in total. The number of aryl methyl sites for hydroxylation is 2. The van der Waals surface area contributed by atoms with E-state index in [2.05, 4.69) is 4.98 Å². The van der Waals surface area contributed by atoms with Crippen molar-refractivity contribution in [1.82, 2.24) is 23.6 Å². The lowest BCUT2D eigenvalue weighted by Crippen LogP contribution is -2.37. The number of carbonyl (C=O) groups is 1. The highest BCUT2D eigenvalue weighted by atomic mass is 32.2. The number of nitrogens with zero attached hydrogens (tertiary/aromatic N) is 5. The van der Waals surface area contributed by atoms with Crippen LogP contribution in [0.5, 0.6) is 0 Å². The zero-order valence-electron chi connectivity index (χ0n) is 14.9. The van der Waals surface area contributed by atoms with Crippen molar-refractivity contribution in [3.8, 4) is 0 Å². The quantitative estimate of drug-likeness (QED) is 0.652. The fourth-order valence-electron chi connectivity index (χ4n) is 3.27. The van der Waals surface area contributed by atoms with E-state index in [0.717, 1.165) is 17.4 Å². The van der Waals surface area contributed by atoms with E-state index >= 15 is 0 Å². The van der Waals surface area contributed by atoms with Crippen molar-refractivity contribution in [1.29, 1.82) is 0 Å². The highest BCUT2D eigenvalue weighted by Gasteiger charge is 2.27.